The molecule has 2 rings (SSSR count). The van der Waals surface area contributed by atoms with E-state index >= 15 is 0 Å². The average molecular weight is 296 g/mol. The first-order valence-electron chi connectivity index (χ1n) is 5.27. The van der Waals surface area contributed by atoms with Crippen molar-refractivity contribution in [3.8, 4) is 11.4 Å². The van der Waals surface area contributed by atoms with Gasteiger partial charge < -0.3 is 10.3 Å². The van der Waals surface area contributed by atoms with Crippen LogP contribution in [0.4, 0.5) is 0 Å². The predicted molar refractivity (Wildman–Crippen MR) is 69.4 cm³/mol. The largest absolute Gasteiger partial charge is 0.337 e. The molecular formula is C12H14BrN3O. The maximum atomic E-state index is 5.90. The Balaban J connectivity index is 2.40. The van der Waals surface area contributed by atoms with Gasteiger partial charge in [-0.05, 0) is 32.4 Å². The van der Waals surface area contributed by atoms with Crippen LogP contribution in [-0.2, 0) is 5.54 Å². The molecule has 0 bridgehead atoms. The number of nitrogens with zero attached hydrogens (tertiary/aromatic N) is 2. The molecule has 0 saturated heterocycles. The van der Waals surface area contributed by atoms with Crippen molar-refractivity contribution >= 4 is 15.9 Å². The molecule has 0 atom stereocenters. The number of hydrogen-bond donors (Lipinski definition) is 1. The van der Waals surface area contributed by atoms with Gasteiger partial charge in [-0.15, -0.1) is 0 Å². The van der Waals surface area contributed by atoms with E-state index in [1.165, 1.54) is 0 Å². The molecule has 0 unspecified atom stereocenters. The number of rotatable bonds is 2. The van der Waals surface area contributed by atoms with E-state index in [-0.39, 0.29) is 0 Å². The van der Waals surface area contributed by atoms with Crippen molar-refractivity contribution in [3.05, 3.63) is 34.1 Å². The summed E-state index contributed by atoms with van der Waals surface area (Å²) in [5.41, 5.74) is 7.35. The van der Waals surface area contributed by atoms with Crippen molar-refractivity contribution in [3.63, 3.8) is 0 Å². The standard InChI is InChI=1S/C12H14BrN3O/c1-7-4-5-8(6-9(7)13)10-15-11(17-16-10)12(2,3)14/h4-6H,14H2,1-3H3. The lowest BCUT2D eigenvalue weighted by Crippen LogP contribution is -2.28. The zero-order chi connectivity index (χ0) is 12.6. The van der Waals surface area contributed by atoms with Crippen molar-refractivity contribution < 1.29 is 4.52 Å². The van der Waals surface area contributed by atoms with Crippen LogP contribution < -0.4 is 5.73 Å². The van der Waals surface area contributed by atoms with E-state index in [1.807, 2.05) is 39.0 Å². The van der Waals surface area contributed by atoms with Gasteiger partial charge in [0.25, 0.3) is 0 Å². The van der Waals surface area contributed by atoms with Gasteiger partial charge in [0.05, 0.1) is 5.54 Å². The zero-order valence-electron chi connectivity index (χ0n) is 9.99. The van der Waals surface area contributed by atoms with Gasteiger partial charge in [0, 0.05) is 10.0 Å². The Morgan fingerprint density at radius 1 is 1.35 bits per heavy atom. The lowest BCUT2D eigenvalue weighted by atomic mass is 10.1. The van der Waals surface area contributed by atoms with E-state index in [1.54, 1.807) is 0 Å². The summed E-state index contributed by atoms with van der Waals surface area (Å²) < 4.78 is 6.17. The second kappa shape index (κ2) is 4.23. The van der Waals surface area contributed by atoms with Crippen LogP contribution in [0.3, 0.4) is 0 Å². The summed E-state index contributed by atoms with van der Waals surface area (Å²) in [6.07, 6.45) is 0. The Morgan fingerprint density at radius 3 is 2.59 bits per heavy atom. The van der Waals surface area contributed by atoms with Gasteiger partial charge in [0.1, 0.15) is 0 Å². The fraction of sp³-hybridized carbons (Fsp3) is 0.333. The molecule has 0 spiro atoms. The third kappa shape index (κ3) is 2.56. The van der Waals surface area contributed by atoms with Crippen molar-refractivity contribution in [2.75, 3.05) is 0 Å². The molecule has 0 fully saturated rings. The Labute approximate surface area is 108 Å². The molecule has 0 saturated carbocycles. The molecule has 5 heteroatoms. The number of hydrogen-bond acceptors (Lipinski definition) is 4. The molecule has 0 radical (unpaired) electrons. The minimum atomic E-state index is -0.618. The van der Waals surface area contributed by atoms with E-state index in [2.05, 4.69) is 26.1 Å². The quantitative estimate of drug-likeness (QED) is 0.925. The summed E-state index contributed by atoms with van der Waals surface area (Å²) in [5.74, 6) is 0.989. The molecule has 1 aromatic carbocycles. The van der Waals surface area contributed by atoms with Gasteiger partial charge in [-0.3, -0.25) is 0 Å². The minimum absolute atomic E-state index is 0.434. The lowest BCUT2D eigenvalue weighted by Gasteiger charge is -2.10. The van der Waals surface area contributed by atoms with Gasteiger partial charge in [-0.2, -0.15) is 4.98 Å². The van der Waals surface area contributed by atoms with Crippen LogP contribution in [0.1, 0.15) is 25.3 Å². The number of aryl methyl sites for hydroxylation is 1. The molecule has 0 aliphatic rings. The molecule has 17 heavy (non-hydrogen) atoms. The number of nitrogens with two attached hydrogens (primary N) is 1. The second-order valence-electron chi connectivity index (χ2n) is 4.61. The molecular weight excluding hydrogens is 282 g/mol. The fourth-order valence-corrected chi connectivity index (χ4v) is 1.71. The van der Waals surface area contributed by atoms with Crippen molar-refractivity contribution in [1.29, 1.82) is 0 Å². The van der Waals surface area contributed by atoms with E-state index in [4.69, 9.17) is 10.3 Å². The van der Waals surface area contributed by atoms with Crippen LogP contribution in [0.25, 0.3) is 11.4 Å². The van der Waals surface area contributed by atoms with Gasteiger partial charge in [0.2, 0.25) is 11.7 Å². The van der Waals surface area contributed by atoms with Gasteiger partial charge >= 0.3 is 0 Å². The third-order valence-electron chi connectivity index (χ3n) is 2.41. The van der Waals surface area contributed by atoms with Gasteiger partial charge in [-0.25, -0.2) is 0 Å². The van der Waals surface area contributed by atoms with Crippen LogP contribution in [0.15, 0.2) is 27.2 Å². The highest BCUT2D eigenvalue weighted by atomic mass is 79.9. The predicted octanol–water partition coefficient (Wildman–Crippen LogP) is 3.00. The Kier molecular flexibility index (Phi) is 3.05. The first kappa shape index (κ1) is 12.3. The van der Waals surface area contributed by atoms with Crippen molar-refractivity contribution in [2.45, 2.75) is 26.3 Å². The monoisotopic (exact) mass is 295 g/mol. The Morgan fingerprint density at radius 2 is 2.06 bits per heavy atom. The highest BCUT2D eigenvalue weighted by Gasteiger charge is 2.22. The van der Waals surface area contributed by atoms with Gasteiger partial charge in [0.15, 0.2) is 0 Å². The lowest BCUT2D eigenvalue weighted by molar-refractivity contribution is 0.312. The molecule has 1 heterocycles. The van der Waals surface area contributed by atoms with E-state index < -0.39 is 5.54 Å². The normalized spacial score (nSPS) is 11.8. The SMILES string of the molecule is Cc1ccc(-c2noc(C(C)(C)N)n2)cc1Br. The molecule has 4 nitrogen and oxygen atoms in total. The smallest absolute Gasteiger partial charge is 0.246 e. The molecule has 2 N–H and O–H groups in total. The van der Waals surface area contributed by atoms with Crippen LogP contribution in [-0.4, -0.2) is 10.1 Å². The van der Waals surface area contributed by atoms with Crippen LogP contribution >= 0.6 is 15.9 Å². The minimum Gasteiger partial charge on any atom is -0.337 e. The number of benzene rings is 1. The maximum absolute atomic E-state index is 5.90. The van der Waals surface area contributed by atoms with E-state index in [9.17, 15) is 0 Å². The maximum Gasteiger partial charge on any atom is 0.246 e. The number of halogens is 1. The van der Waals surface area contributed by atoms with Crippen LogP contribution in [0.2, 0.25) is 0 Å². The Bertz CT molecular complexity index is 543. The summed E-state index contributed by atoms with van der Waals surface area (Å²) in [6.45, 7) is 5.68. The highest BCUT2D eigenvalue weighted by molar-refractivity contribution is 9.10. The summed E-state index contributed by atoms with van der Waals surface area (Å²) in [4.78, 5) is 4.30. The van der Waals surface area contributed by atoms with Crippen molar-refractivity contribution in [2.24, 2.45) is 5.73 Å². The number of aromatic nitrogens is 2. The zero-order valence-corrected chi connectivity index (χ0v) is 11.6. The van der Waals surface area contributed by atoms with Crippen molar-refractivity contribution in [1.82, 2.24) is 10.1 Å². The van der Waals surface area contributed by atoms with E-state index in [0.717, 1.165) is 15.6 Å². The first-order chi connectivity index (χ1) is 7.88. The highest BCUT2D eigenvalue weighted by Crippen LogP contribution is 2.25. The first-order valence-corrected chi connectivity index (χ1v) is 6.07. The van der Waals surface area contributed by atoms with E-state index in [0.29, 0.717) is 11.7 Å². The Hall–Kier alpha value is -1.20. The van der Waals surface area contributed by atoms with Crippen LogP contribution in [0, 0.1) is 6.92 Å². The summed E-state index contributed by atoms with van der Waals surface area (Å²) >= 11 is 3.48. The molecule has 90 valence electrons. The molecule has 2 aromatic rings. The topological polar surface area (TPSA) is 64.9 Å². The fourth-order valence-electron chi connectivity index (χ4n) is 1.33. The molecule has 1 aromatic heterocycles. The molecule has 0 aliphatic carbocycles. The molecule has 0 aliphatic heterocycles. The molecule has 0 amide bonds. The summed E-state index contributed by atoms with van der Waals surface area (Å²) in [7, 11) is 0. The summed E-state index contributed by atoms with van der Waals surface area (Å²) in [5, 5.41) is 3.94. The summed E-state index contributed by atoms with van der Waals surface area (Å²) in [6, 6.07) is 5.93. The average Bonchev–Trinajstić information content (AvgIpc) is 2.70. The van der Waals surface area contributed by atoms with Crippen LogP contribution in [0.5, 0.6) is 0 Å². The van der Waals surface area contributed by atoms with Gasteiger partial charge in [-0.1, -0.05) is 33.2 Å². The third-order valence-corrected chi connectivity index (χ3v) is 3.26. The second-order valence-corrected chi connectivity index (χ2v) is 5.46.